The average molecular weight is 259 g/mol. The molecule has 0 fully saturated rings. The maximum atomic E-state index is 13.4. The third-order valence-electron chi connectivity index (χ3n) is 2.28. The molecular weight excluding hydrogens is 243 g/mol. The third kappa shape index (κ3) is 4.27. The molecule has 0 aromatic heterocycles. The van der Waals surface area contributed by atoms with E-state index in [0.717, 1.165) is 5.56 Å². The van der Waals surface area contributed by atoms with Crippen molar-refractivity contribution in [2.75, 3.05) is 20.1 Å². The predicted molar refractivity (Wildman–Crippen MR) is 68.6 cm³/mol. The number of hydrogen-bond donors (Lipinski definition) is 0. The van der Waals surface area contributed by atoms with E-state index in [1.54, 1.807) is 32.4 Å². The normalized spacial score (nSPS) is 11.4. The molecule has 0 amide bonds. The van der Waals surface area contributed by atoms with Gasteiger partial charge in [-0.2, -0.15) is 0 Å². The van der Waals surface area contributed by atoms with Gasteiger partial charge < -0.3 is 9.47 Å². The van der Waals surface area contributed by atoms with Gasteiger partial charge in [0.05, 0.1) is 14.2 Å². The van der Waals surface area contributed by atoms with Crippen molar-refractivity contribution >= 4 is 17.7 Å². The van der Waals surface area contributed by atoms with Crippen molar-refractivity contribution in [3.8, 4) is 11.5 Å². The van der Waals surface area contributed by atoms with E-state index in [-0.39, 0.29) is 5.83 Å². The molecule has 0 aliphatic carbocycles. The molecule has 94 valence electrons. The van der Waals surface area contributed by atoms with Gasteiger partial charge in [-0.25, -0.2) is 4.39 Å². The lowest BCUT2D eigenvalue weighted by atomic mass is 10.1. The van der Waals surface area contributed by atoms with Crippen LogP contribution in [0.5, 0.6) is 11.5 Å². The van der Waals surface area contributed by atoms with E-state index in [0.29, 0.717) is 30.2 Å². The van der Waals surface area contributed by atoms with Crippen molar-refractivity contribution in [1.82, 2.24) is 0 Å². The Morgan fingerprint density at radius 3 is 2.59 bits per heavy atom. The molecule has 0 saturated heterocycles. The maximum Gasteiger partial charge on any atom is 0.161 e. The van der Waals surface area contributed by atoms with Crippen LogP contribution in [0.4, 0.5) is 4.39 Å². The molecule has 1 rings (SSSR count). The minimum absolute atomic E-state index is 0.183. The van der Waals surface area contributed by atoms with Crippen molar-refractivity contribution in [2.24, 2.45) is 0 Å². The lowest BCUT2D eigenvalue weighted by Gasteiger charge is -2.07. The van der Waals surface area contributed by atoms with Crippen LogP contribution in [0.15, 0.2) is 24.0 Å². The molecule has 1 aromatic rings. The summed E-state index contributed by atoms with van der Waals surface area (Å²) in [4.78, 5) is 0. The summed E-state index contributed by atoms with van der Waals surface area (Å²) in [6.45, 7) is 0. The molecule has 2 nitrogen and oxygen atoms in total. The van der Waals surface area contributed by atoms with Crippen LogP contribution < -0.4 is 9.47 Å². The third-order valence-corrected chi connectivity index (χ3v) is 2.55. The first-order valence-electron chi connectivity index (χ1n) is 5.35. The van der Waals surface area contributed by atoms with Crippen LogP contribution in [-0.2, 0) is 0 Å². The highest BCUT2D eigenvalue weighted by Gasteiger charge is 2.04. The fraction of sp³-hybridized carbons (Fsp3) is 0.385. The van der Waals surface area contributed by atoms with E-state index in [2.05, 4.69) is 0 Å². The first-order valence-corrected chi connectivity index (χ1v) is 5.88. The van der Waals surface area contributed by atoms with Gasteiger partial charge in [-0.15, -0.1) is 11.6 Å². The Morgan fingerprint density at radius 1 is 1.29 bits per heavy atom. The van der Waals surface area contributed by atoms with Crippen molar-refractivity contribution in [1.29, 1.82) is 0 Å². The summed E-state index contributed by atoms with van der Waals surface area (Å²) in [5.74, 6) is 1.50. The van der Waals surface area contributed by atoms with Crippen LogP contribution >= 0.6 is 11.6 Å². The number of hydrogen-bond acceptors (Lipinski definition) is 2. The SMILES string of the molecule is COc1ccc(/C=C(\F)CCCCl)cc1OC. The largest absolute Gasteiger partial charge is 0.493 e. The van der Waals surface area contributed by atoms with E-state index in [1.807, 2.05) is 0 Å². The van der Waals surface area contributed by atoms with Crippen LogP contribution in [0.1, 0.15) is 18.4 Å². The van der Waals surface area contributed by atoms with Crippen LogP contribution in [0.3, 0.4) is 0 Å². The zero-order valence-electron chi connectivity index (χ0n) is 10.0. The number of rotatable bonds is 6. The molecule has 1 aromatic carbocycles. The highest BCUT2D eigenvalue weighted by molar-refractivity contribution is 6.17. The summed E-state index contributed by atoms with van der Waals surface area (Å²) in [6, 6.07) is 5.26. The van der Waals surface area contributed by atoms with Gasteiger partial charge in [-0.3, -0.25) is 0 Å². The molecule has 4 heteroatoms. The molecule has 0 aliphatic heterocycles. The number of alkyl halides is 1. The van der Waals surface area contributed by atoms with Gasteiger partial charge in [0.15, 0.2) is 11.5 Å². The van der Waals surface area contributed by atoms with Gasteiger partial charge in [0.2, 0.25) is 0 Å². The molecule has 0 atom stereocenters. The molecular formula is C13H16ClFO2. The predicted octanol–water partition coefficient (Wildman–Crippen LogP) is 4.03. The number of halogens is 2. The molecule has 0 unspecified atom stereocenters. The summed E-state index contributed by atoms with van der Waals surface area (Å²) in [5.41, 5.74) is 0.745. The Balaban J connectivity index is 2.84. The molecule has 17 heavy (non-hydrogen) atoms. The molecule has 0 aliphatic rings. The summed E-state index contributed by atoms with van der Waals surface area (Å²) in [7, 11) is 3.11. The number of benzene rings is 1. The summed E-state index contributed by atoms with van der Waals surface area (Å²) in [5, 5.41) is 0. The highest BCUT2D eigenvalue weighted by Crippen LogP contribution is 2.28. The fourth-order valence-corrected chi connectivity index (χ4v) is 1.56. The topological polar surface area (TPSA) is 18.5 Å². The standard InChI is InChI=1S/C13H16ClFO2/c1-16-12-6-5-10(9-13(12)17-2)8-11(15)4-3-7-14/h5-6,8-9H,3-4,7H2,1-2H3/b11-8-. The lowest BCUT2D eigenvalue weighted by molar-refractivity contribution is 0.355. The monoisotopic (exact) mass is 258 g/mol. The Bertz CT molecular complexity index is 391. The van der Waals surface area contributed by atoms with Gasteiger partial charge in [-0.05, 0) is 30.2 Å². The van der Waals surface area contributed by atoms with E-state index in [4.69, 9.17) is 21.1 Å². The van der Waals surface area contributed by atoms with Gasteiger partial charge in [0.25, 0.3) is 0 Å². The second-order valence-corrected chi connectivity index (χ2v) is 3.88. The smallest absolute Gasteiger partial charge is 0.161 e. The van der Waals surface area contributed by atoms with E-state index >= 15 is 0 Å². The van der Waals surface area contributed by atoms with Gasteiger partial charge >= 0.3 is 0 Å². The quantitative estimate of drug-likeness (QED) is 0.717. The Hall–Kier alpha value is -1.22. The highest BCUT2D eigenvalue weighted by atomic mass is 35.5. The van der Waals surface area contributed by atoms with Gasteiger partial charge in [0.1, 0.15) is 5.83 Å². The molecule has 0 spiro atoms. The second-order valence-electron chi connectivity index (χ2n) is 3.50. The number of ether oxygens (including phenoxy) is 2. The van der Waals surface area contributed by atoms with Crippen molar-refractivity contribution in [2.45, 2.75) is 12.8 Å². The van der Waals surface area contributed by atoms with Crippen LogP contribution in [-0.4, -0.2) is 20.1 Å². The minimum Gasteiger partial charge on any atom is -0.493 e. The van der Waals surface area contributed by atoms with Crippen LogP contribution in [0.2, 0.25) is 0 Å². The fourth-order valence-electron chi connectivity index (χ4n) is 1.43. The van der Waals surface area contributed by atoms with Crippen molar-refractivity contribution in [3.63, 3.8) is 0 Å². The van der Waals surface area contributed by atoms with E-state index < -0.39 is 0 Å². The van der Waals surface area contributed by atoms with Gasteiger partial charge in [-0.1, -0.05) is 6.07 Å². The molecule has 0 saturated carbocycles. The average Bonchev–Trinajstić information content (AvgIpc) is 2.36. The number of methoxy groups -OCH3 is 2. The van der Waals surface area contributed by atoms with E-state index in [9.17, 15) is 4.39 Å². The Morgan fingerprint density at radius 2 is 2.00 bits per heavy atom. The van der Waals surface area contributed by atoms with Crippen LogP contribution in [0.25, 0.3) is 6.08 Å². The molecule has 0 N–H and O–H groups in total. The zero-order valence-corrected chi connectivity index (χ0v) is 10.8. The minimum atomic E-state index is -0.183. The molecule has 0 heterocycles. The van der Waals surface area contributed by atoms with Crippen molar-refractivity contribution in [3.05, 3.63) is 29.6 Å². The summed E-state index contributed by atoms with van der Waals surface area (Å²) < 4.78 is 23.7. The first-order chi connectivity index (χ1) is 8.21. The first kappa shape index (κ1) is 13.8. The molecule has 0 radical (unpaired) electrons. The Kier molecular flexibility index (Phi) is 5.84. The molecule has 0 bridgehead atoms. The Labute approximate surface area is 106 Å². The lowest BCUT2D eigenvalue weighted by Crippen LogP contribution is -1.90. The van der Waals surface area contributed by atoms with E-state index in [1.165, 1.54) is 6.08 Å². The maximum absolute atomic E-state index is 13.4. The van der Waals surface area contributed by atoms with Crippen molar-refractivity contribution < 1.29 is 13.9 Å². The summed E-state index contributed by atoms with van der Waals surface area (Å²) in [6.07, 6.45) is 2.48. The summed E-state index contributed by atoms with van der Waals surface area (Å²) >= 11 is 5.51. The second kappa shape index (κ2) is 7.17. The van der Waals surface area contributed by atoms with Crippen LogP contribution in [0, 0.1) is 0 Å². The zero-order chi connectivity index (χ0) is 12.7. The van der Waals surface area contributed by atoms with Gasteiger partial charge in [0, 0.05) is 12.3 Å². The number of allylic oxidation sites excluding steroid dienone is 1.